The lowest BCUT2D eigenvalue weighted by Gasteiger charge is -2.38. The van der Waals surface area contributed by atoms with E-state index in [1.807, 2.05) is 72.8 Å². The highest BCUT2D eigenvalue weighted by molar-refractivity contribution is 8.02. The van der Waals surface area contributed by atoms with Gasteiger partial charge in [0.1, 0.15) is 18.2 Å². The molecule has 5 heterocycles. The number of nitrogens with zero attached hydrogens (tertiary/aromatic N) is 5. The van der Waals surface area contributed by atoms with Crippen LogP contribution in [0.15, 0.2) is 78.9 Å². The number of rotatable bonds is 5. The van der Waals surface area contributed by atoms with Gasteiger partial charge in [-0.3, -0.25) is 14.4 Å². The van der Waals surface area contributed by atoms with Crippen LogP contribution in [0.2, 0.25) is 0 Å². The number of ether oxygens (including phenoxy) is 1. The molecule has 43 heavy (non-hydrogen) atoms. The summed E-state index contributed by atoms with van der Waals surface area (Å²) < 4.78 is 6.37. The SMILES string of the molecule is O=C1OCCCC/C=C\[C@@H]2S[C@]34C=CCN(Cn5nnc6ccccc65)C(=O)C3N([C@H](CO)c3ccccc3)C(=O)[C@@H]4[C@H]12. The van der Waals surface area contributed by atoms with Crippen LogP contribution in [-0.4, -0.2) is 83.5 Å². The molecule has 3 aromatic rings. The summed E-state index contributed by atoms with van der Waals surface area (Å²) in [5.41, 5.74) is 2.23. The number of cyclic esters (lactones) is 1. The Morgan fingerprint density at radius 1 is 1.02 bits per heavy atom. The molecule has 10 nitrogen and oxygen atoms in total. The van der Waals surface area contributed by atoms with E-state index < -0.39 is 34.6 Å². The van der Waals surface area contributed by atoms with Crippen LogP contribution in [0.3, 0.4) is 0 Å². The summed E-state index contributed by atoms with van der Waals surface area (Å²) in [5.74, 6) is -2.56. The van der Waals surface area contributed by atoms with Crippen molar-refractivity contribution in [1.29, 1.82) is 0 Å². The van der Waals surface area contributed by atoms with Gasteiger partial charge in [-0.2, -0.15) is 0 Å². The fourth-order valence-corrected chi connectivity index (χ4v) is 9.07. The van der Waals surface area contributed by atoms with Crippen LogP contribution < -0.4 is 0 Å². The maximum absolute atomic E-state index is 14.8. The number of carbonyl (C=O) groups excluding carboxylic acids is 3. The van der Waals surface area contributed by atoms with E-state index in [0.29, 0.717) is 13.2 Å². The molecule has 1 unspecified atom stereocenters. The summed E-state index contributed by atoms with van der Waals surface area (Å²) in [7, 11) is 0. The van der Waals surface area contributed by atoms with E-state index in [1.165, 1.54) is 11.8 Å². The molecule has 11 heteroatoms. The first-order valence-electron chi connectivity index (χ1n) is 14.8. The highest BCUT2D eigenvalue weighted by Gasteiger charge is 2.71. The smallest absolute Gasteiger partial charge is 0.311 e. The second-order valence-electron chi connectivity index (χ2n) is 11.5. The van der Waals surface area contributed by atoms with Gasteiger partial charge in [-0.15, -0.1) is 16.9 Å². The fourth-order valence-electron chi connectivity index (χ4n) is 7.08. The van der Waals surface area contributed by atoms with Gasteiger partial charge >= 0.3 is 5.97 Å². The minimum Gasteiger partial charge on any atom is -0.465 e. The average molecular weight is 600 g/mol. The van der Waals surface area contributed by atoms with Crippen LogP contribution >= 0.6 is 11.8 Å². The van der Waals surface area contributed by atoms with Crippen LogP contribution in [-0.2, 0) is 25.8 Å². The van der Waals surface area contributed by atoms with Gasteiger partial charge in [0.05, 0.1) is 41.4 Å². The third-order valence-electron chi connectivity index (χ3n) is 9.04. The molecule has 1 spiro atoms. The molecule has 2 fully saturated rings. The highest BCUT2D eigenvalue weighted by atomic mass is 32.2. The van der Waals surface area contributed by atoms with Gasteiger partial charge in [0.2, 0.25) is 11.8 Å². The Balaban J connectivity index is 1.34. The maximum atomic E-state index is 14.8. The number of fused-ring (bicyclic) bond motifs is 3. The Morgan fingerprint density at radius 3 is 2.67 bits per heavy atom. The maximum Gasteiger partial charge on any atom is 0.311 e. The van der Waals surface area contributed by atoms with Crippen molar-refractivity contribution in [3.63, 3.8) is 0 Å². The van der Waals surface area contributed by atoms with Gasteiger partial charge in [0.25, 0.3) is 0 Å². The van der Waals surface area contributed by atoms with E-state index >= 15 is 0 Å². The normalized spacial score (nSPS) is 30.4. The van der Waals surface area contributed by atoms with E-state index in [1.54, 1.807) is 14.5 Å². The number of carbonyl (C=O) groups is 3. The van der Waals surface area contributed by atoms with Crippen molar-refractivity contribution in [2.75, 3.05) is 19.8 Å². The molecule has 0 aliphatic carbocycles. The Bertz CT molecular complexity index is 1610. The van der Waals surface area contributed by atoms with Crippen LogP contribution in [0.5, 0.6) is 0 Å². The zero-order valence-corrected chi connectivity index (χ0v) is 24.4. The quantitative estimate of drug-likeness (QED) is 0.351. The first-order chi connectivity index (χ1) is 21.0. The van der Waals surface area contributed by atoms with Crippen molar-refractivity contribution in [3.05, 3.63) is 84.5 Å². The minimum absolute atomic E-state index is 0.136. The van der Waals surface area contributed by atoms with Gasteiger partial charge < -0.3 is 19.6 Å². The number of hydrogen-bond acceptors (Lipinski definition) is 8. The van der Waals surface area contributed by atoms with Crippen LogP contribution in [0, 0.1) is 11.8 Å². The molecular formula is C32H33N5O5S. The number of aliphatic hydroxyl groups excluding tert-OH is 1. The molecule has 222 valence electrons. The first-order valence-corrected chi connectivity index (χ1v) is 15.7. The van der Waals surface area contributed by atoms with Gasteiger partial charge in [0.15, 0.2) is 0 Å². The topological polar surface area (TPSA) is 118 Å². The molecule has 0 bridgehead atoms. The number of thioether (sulfide) groups is 1. The van der Waals surface area contributed by atoms with E-state index in [-0.39, 0.29) is 30.3 Å². The van der Waals surface area contributed by atoms with Gasteiger partial charge in [-0.1, -0.05) is 72.0 Å². The lowest BCUT2D eigenvalue weighted by molar-refractivity contribution is -0.154. The zero-order valence-electron chi connectivity index (χ0n) is 23.6. The summed E-state index contributed by atoms with van der Waals surface area (Å²) in [6.07, 6.45) is 10.5. The number of esters is 1. The van der Waals surface area contributed by atoms with Gasteiger partial charge in [0, 0.05) is 11.8 Å². The van der Waals surface area contributed by atoms with Gasteiger partial charge in [-0.05, 0) is 37.0 Å². The molecular weight excluding hydrogens is 566 g/mol. The highest BCUT2D eigenvalue weighted by Crippen LogP contribution is 2.61. The molecule has 2 aromatic carbocycles. The minimum atomic E-state index is -1.03. The molecule has 2 saturated heterocycles. The summed E-state index contributed by atoms with van der Waals surface area (Å²) in [6, 6.07) is 15.1. The summed E-state index contributed by atoms with van der Waals surface area (Å²) in [5, 5.41) is 18.9. The monoisotopic (exact) mass is 599 g/mol. The van der Waals surface area contributed by atoms with Gasteiger partial charge in [-0.25, -0.2) is 4.68 Å². The molecule has 6 atom stereocenters. The fraction of sp³-hybridized carbons (Fsp3) is 0.406. The Labute approximate surface area is 253 Å². The number of aliphatic hydroxyl groups is 1. The predicted molar refractivity (Wildman–Crippen MR) is 160 cm³/mol. The number of benzene rings is 2. The lowest BCUT2D eigenvalue weighted by atomic mass is 9.78. The van der Waals surface area contributed by atoms with Crippen molar-refractivity contribution in [2.45, 2.75) is 48.0 Å². The molecule has 1 aromatic heterocycles. The summed E-state index contributed by atoms with van der Waals surface area (Å²) in [4.78, 5) is 46.3. The second kappa shape index (κ2) is 11.3. The number of para-hydroxylation sites is 1. The molecule has 2 amide bonds. The van der Waals surface area contributed by atoms with Crippen molar-refractivity contribution >= 4 is 40.6 Å². The number of amides is 2. The third kappa shape index (κ3) is 4.56. The Hall–Kier alpha value is -3.96. The second-order valence-corrected chi connectivity index (χ2v) is 13.0. The molecule has 0 saturated carbocycles. The lowest BCUT2D eigenvalue weighted by Crippen LogP contribution is -2.54. The molecule has 1 N–H and O–H groups in total. The standard InChI is InChI=1S/C32H33N5O5S/c38-19-24(21-11-4-3-5-12-21)37-28-30(40)35(20-36-23-14-8-7-13-22(23)33-34-36)17-10-16-32(28)27(29(37)39)26-25(43-32)15-6-1-2-9-18-42-31(26)41/h3-8,10-16,24-28,38H,1-2,9,17-20H2/b15-6-/t24-,25+,26-,27+,28?,32+/m1/s1. The van der Waals surface area contributed by atoms with E-state index in [9.17, 15) is 19.5 Å². The molecule has 7 rings (SSSR count). The number of aromatic nitrogens is 3. The van der Waals surface area contributed by atoms with Crippen LogP contribution in [0.4, 0.5) is 0 Å². The largest absolute Gasteiger partial charge is 0.465 e. The van der Waals surface area contributed by atoms with E-state index in [0.717, 1.165) is 35.9 Å². The number of allylic oxidation sites excluding steroid dienone is 1. The van der Waals surface area contributed by atoms with Crippen molar-refractivity contribution in [3.8, 4) is 0 Å². The van der Waals surface area contributed by atoms with Crippen LogP contribution in [0.25, 0.3) is 11.0 Å². The van der Waals surface area contributed by atoms with E-state index in [2.05, 4.69) is 16.4 Å². The molecule has 4 aliphatic heterocycles. The molecule has 0 radical (unpaired) electrons. The average Bonchev–Trinajstić information content (AvgIpc) is 3.62. The number of likely N-dealkylation sites (tertiary alicyclic amines) is 1. The summed E-state index contributed by atoms with van der Waals surface area (Å²) in [6.45, 7) is 0.366. The predicted octanol–water partition coefficient (Wildman–Crippen LogP) is 3.10. The van der Waals surface area contributed by atoms with E-state index in [4.69, 9.17) is 4.74 Å². The zero-order chi connectivity index (χ0) is 29.6. The molecule has 4 aliphatic rings. The Kier molecular flexibility index (Phi) is 7.30. The Morgan fingerprint density at radius 2 is 1.84 bits per heavy atom. The van der Waals surface area contributed by atoms with Crippen molar-refractivity contribution in [2.24, 2.45) is 11.8 Å². The summed E-state index contributed by atoms with van der Waals surface area (Å²) >= 11 is 1.50. The van der Waals surface area contributed by atoms with Crippen molar-refractivity contribution in [1.82, 2.24) is 24.8 Å². The third-order valence-corrected chi connectivity index (χ3v) is 10.8. The van der Waals surface area contributed by atoms with Crippen LogP contribution in [0.1, 0.15) is 30.9 Å². The number of hydrogen-bond donors (Lipinski definition) is 1. The first kappa shape index (κ1) is 27.8. The van der Waals surface area contributed by atoms with Crippen molar-refractivity contribution < 1.29 is 24.2 Å².